The molecule has 5 nitrogen and oxygen atoms in total. The van der Waals surface area contributed by atoms with E-state index in [1.807, 2.05) is 50.2 Å². The van der Waals surface area contributed by atoms with E-state index in [0.717, 1.165) is 16.5 Å². The fraction of sp³-hybridized carbons (Fsp3) is 0.200. The SMILES string of the molecule is CC(C)NC(=O)c1ccccc1NC(=O)c1cc(Br)ccc1OCCc1ccccc1. The summed E-state index contributed by atoms with van der Waals surface area (Å²) in [5.41, 5.74) is 2.41. The number of halogens is 1. The normalized spacial score (nSPS) is 10.6. The quantitative estimate of drug-likeness (QED) is 0.449. The summed E-state index contributed by atoms with van der Waals surface area (Å²) in [6.45, 7) is 4.22. The van der Waals surface area contributed by atoms with Gasteiger partial charge in [0.05, 0.1) is 23.4 Å². The molecule has 3 aromatic rings. The van der Waals surface area contributed by atoms with E-state index in [2.05, 4.69) is 26.6 Å². The van der Waals surface area contributed by atoms with Crippen LogP contribution in [0.15, 0.2) is 77.3 Å². The van der Waals surface area contributed by atoms with Crippen molar-refractivity contribution in [2.75, 3.05) is 11.9 Å². The van der Waals surface area contributed by atoms with Gasteiger partial charge in [0, 0.05) is 16.9 Å². The molecular weight excluding hydrogens is 456 g/mol. The standard InChI is InChI=1S/C25H25BrN2O3/c1-17(2)27-24(29)20-10-6-7-11-22(20)28-25(30)21-16-19(26)12-13-23(21)31-15-14-18-8-4-3-5-9-18/h3-13,16-17H,14-15H2,1-2H3,(H,27,29)(H,28,30). The van der Waals surface area contributed by atoms with E-state index in [4.69, 9.17) is 4.74 Å². The molecule has 0 heterocycles. The van der Waals surface area contributed by atoms with Crippen molar-refractivity contribution in [2.24, 2.45) is 0 Å². The summed E-state index contributed by atoms with van der Waals surface area (Å²) >= 11 is 3.42. The van der Waals surface area contributed by atoms with Crippen LogP contribution in [0.4, 0.5) is 5.69 Å². The summed E-state index contributed by atoms with van der Waals surface area (Å²) < 4.78 is 6.69. The van der Waals surface area contributed by atoms with Gasteiger partial charge in [0.15, 0.2) is 0 Å². The van der Waals surface area contributed by atoms with Crippen molar-refractivity contribution in [2.45, 2.75) is 26.3 Å². The number of para-hydroxylation sites is 1. The molecular formula is C25H25BrN2O3. The van der Waals surface area contributed by atoms with E-state index in [9.17, 15) is 9.59 Å². The van der Waals surface area contributed by atoms with Gasteiger partial charge in [0.25, 0.3) is 11.8 Å². The van der Waals surface area contributed by atoms with E-state index in [1.165, 1.54) is 0 Å². The summed E-state index contributed by atoms with van der Waals surface area (Å²) in [7, 11) is 0. The second kappa shape index (κ2) is 10.8. The number of nitrogens with one attached hydrogen (secondary N) is 2. The Morgan fingerprint density at radius 2 is 1.61 bits per heavy atom. The molecule has 0 radical (unpaired) electrons. The van der Waals surface area contributed by atoms with E-state index in [1.54, 1.807) is 36.4 Å². The minimum absolute atomic E-state index is 0.00838. The third-order valence-electron chi connectivity index (χ3n) is 4.52. The Labute approximate surface area is 191 Å². The highest BCUT2D eigenvalue weighted by atomic mass is 79.9. The third kappa shape index (κ3) is 6.43. The maximum atomic E-state index is 13.1. The van der Waals surface area contributed by atoms with Crippen LogP contribution in [-0.2, 0) is 6.42 Å². The molecule has 3 rings (SSSR count). The highest BCUT2D eigenvalue weighted by molar-refractivity contribution is 9.10. The second-order valence-electron chi connectivity index (χ2n) is 7.35. The first-order valence-corrected chi connectivity index (χ1v) is 10.9. The van der Waals surface area contributed by atoms with Crippen molar-refractivity contribution in [3.8, 4) is 5.75 Å². The predicted molar refractivity (Wildman–Crippen MR) is 127 cm³/mol. The second-order valence-corrected chi connectivity index (χ2v) is 8.27. The lowest BCUT2D eigenvalue weighted by Crippen LogP contribution is -2.31. The smallest absolute Gasteiger partial charge is 0.259 e. The molecule has 3 aromatic carbocycles. The van der Waals surface area contributed by atoms with E-state index in [0.29, 0.717) is 29.2 Å². The third-order valence-corrected chi connectivity index (χ3v) is 5.01. The van der Waals surface area contributed by atoms with Crippen LogP contribution in [0.1, 0.15) is 40.1 Å². The fourth-order valence-electron chi connectivity index (χ4n) is 3.05. The molecule has 160 valence electrons. The average Bonchev–Trinajstić information content (AvgIpc) is 2.75. The molecule has 0 atom stereocenters. The monoisotopic (exact) mass is 480 g/mol. The van der Waals surface area contributed by atoms with Crippen LogP contribution in [-0.4, -0.2) is 24.5 Å². The Kier molecular flexibility index (Phi) is 7.84. The number of anilines is 1. The van der Waals surface area contributed by atoms with Gasteiger partial charge in [0.1, 0.15) is 5.75 Å². The number of amides is 2. The molecule has 0 unspecified atom stereocenters. The van der Waals surface area contributed by atoms with Crippen LogP contribution in [0.2, 0.25) is 0 Å². The molecule has 0 aliphatic carbocycles. The van der Waals surface area contributed by atoms with Gasteiger partial charge < -0.3 is 15.4 Å². The highest BCUT2D eigenvalue weighted by Gasteiger charge is 2.18. The zero-order valence-electron chi connectivity index (χ0n) is 17.5. The Balaban J connectivity index is 1.76. The maximum absolute atomic E-state index is 13.1. The minimum Gasteiger partial charge on any atom is -0.492 e. The highest BCUT2D eigenvalue weighted by Crippen LogP contribution is 2.25. The average molecular weight is 481 g/mol. The molecule has 0 bridgehead atoms. The van der Waals surface area contributed by atoms with Crippen molar-refractivity contribution >= 4 is 33.4 Å². The zero-order valence-corrected chi connectivity index (χ0v) is 19.1. The van der Waals surface area contributed by atoms with Crippen molar-refractivity contribution in [1.82, 2.24) is 5.32 Å². The van der Waals surface area contributed by atoms with Crippen molar-refractivity contribution in [3.05, 3.63) is 94.0 Å². The Bertz CT molecular complexity index is 1050. The Morgan fingerprint density at radius 1 is 0.903 bits per heavy atom. The largest absolute Gasteiger partial charge is 0.492 e. The number of hydrogen-bond donors (Lipinski definition) is 2. The van der Waals surface area contributed by atoms with Crippen LogP contribution >= 0.6 is 15.9 Å². The number of ether oxygens (including phenoxy) is 1. The molecule has 0 saturated carbocycles. The lowest BCUT2D eigenvalue weighted by atomic mass is 10.1. The Hall–Kier alpha value is -3.12. The summed E-state index contributed by atoms with van der Waals surface area (Å²) in [6, 6.07) is 22.3. The van der Waals surface area contributed by atoms with Gasteiger partial charge >= 0.3 is 0 Å². The van der Waals surface area contributed by atoms with E-state index in [-0.39, 0.29) is 17.9 Å². The van der Waals surface area contributed by atoms with Crippen LogP contribution in [0, 0.1) is 0 Å². The minimum atomic E-state index is -0.346. The summed E-state index contributed by atoms with van der Waals surface area (Å²) in [5.74, 6) is -0.0963. The molecule has 0 aliphatic rings. The molecule has 31 heavy (non-hydrogen) atoms. The maximum Gasteiger partial charge on any atom is 0.259 e. The molecule has 2 N–H and O–H groups in total. The summed E-state index contributed by atoms with van der Waals surface area (Å²) in [6.07, 6.45) is 0.732. The lowest BCUT2D eigenvalue weighted by Gasteiger charge is -2.15. The molecule has 0 fully saturated rings. The predicted octanol–water partition coefficient (Wildman–Crippen LogP) is 5.46. The summed E-state index contributed by atoms with van der Waals surface area (Å²) in [4.78, 5) is 25.6. The number of benzene rings is 3. The van der Waals surface area contributed by atoms with Gasteiger partial charge in [-0.05, 0) is 49.7 Å². The Morgan fingerprint density at radius 3 is 2.35 bits per heavy atom. The number of hydrogen-bond acceptors (Lipinski definition) is 3. The first kappa shape index (κ1) is 22.6. The zero-order chi connectivity index (χ0) is 22.2. The van der Waals surface area contributed by atoms with Crippen molar-refractivity contribution in [1.29, 1.82) is 0 Å². The van der Waals surface area contributed by atoms with Gasteiger partial charge in [-0.25, -0.2) is 0 Å². The first-order chi connectivity index (χ1) is 14.9. The van der Waals surface area contributed by atoms with Crippen molar-refractivity contribution < 1.29 is 14.3 Å². The van der Waals surface area contributed by atoms with Gasteiger partial charge in [-0.15, -0.1) is 0 Å². The molecule has 0 aromatic heterocycles. The molecule has 0 aliphatic heterocycles. The number of carbonyl (C=O) groups excluding carboxylic acids is 2. The first-order valence-electron chi connectivity index (χ1n) is 10.1. The molecule has 0 spiro atoms. The van der Waals surface area contributed by atoms with Crippen LogP contribution < -0.4 is 15.4 Å². The fourth-order valence-corrected chi connectivity index (χ4v) is 3.41. The van der Waals surface area contributed by atoms with Gasteiger partial charge in [-0.1, -0.05) is 58.4 Å². The number of carbonyl (C=O) groups is 2. The molecule has 2 amide bonds. The van der Waals surface area contributed by atoms with Crippen LogP contribution in [0.3, 0.4) is 0 Å². The van der Waals surface area contributed by atoms with Crippen molar-refractivity contribution in [3.63, 3.8) is 0 Å². The van der Waals surface area contributed by atoms with Crippen LogP contribution in [0.5, 0.6) is 5.75 Å². The topological polar surface area (TPSA) is 67.4 Å². The molecule has 6 heteroatoms. The number of rotatable bonds is 8. The van der Waals surface area contributed by atoms with Gasteiger partial charge in [-0.3, -0.25) is 9.59 Å². The lowest BCUT2D eigenvalue weighted by molar-refractivity contribution is 0.0944. The van der Waals surface area contributed by atoms with Gasteiger partial charge in [0.2, 0.25) is 0 Å². The van der Waals surface area contributed by atoms with Gasteiger partial charge in [-0.2, -0.15) is 0 Å². The van der Waals surface area contributed by atoms with E-state index < -0.39 is 0 Å². The molecule has 0 saturated heterocycles. The van der Waals surface area contributed by atoms with E-state index >= 15 is 0 Å². The summed E-state index contributed by atoms with van der Waals surface area (Å²) in [5, 5.41) is 5.71. The van der Waals surface area contributed by atoms with Crippen LogP contribution in [0.25, 0.3) is 0 Å².